The molecule has 0 saturated carbocycles. The maximum Gasteiger partial charge on any atom is 0.234 e. The van der Waals surface area contributed by atoms with Crippen molar-refractivity contribution < 1.29 is 4.79 Å². The van der Waals surface area contributed by atoms with Crippen molar-refractivity contribution in [2.45, 2.75) is 25.8 Å². The average Bonchev–Trinajstić information content (AvgIpc) is 2.52. The summed E-state index contributed by atoms with van der Waals surface area (Å²) in [5, 5.41) is 0. The Labute approximate surface area is 67.1 Å². The van der Waals surface area contributed by atoms with Crippen molar-refractivity contribution in [1.29, 1.82) is 0 Å². The molecule has 0 bridgehead atoms. The first-order chi connectivity index (χ1) is 5.34. The Kier molecular flexibility index (Phi) is 3.27. The van der Waals surface area contributed by atoms with E-state index < -0.39 is 0 Å². The van der Waals surface area contributed by atoms with Gasteiger partial charge >= 0.3 is 0 Å². The molecular weight excluding hydrogens is 140 g/mol. The SMILES string of the molecule is CC(CN=C=O)N1CCCC1. The Hall–Kier alpha value is -0.660. The zero-order chi connectivity index (χ0) is 8.10. The van der Waals surface area contributed by atoms with E-state index in [0.717, 1.165) is 13.1 Å². The van der Waals surface area contributed by atoms with E-state index >= 15 is 0 Å². The minimum atomic E-state index is 0.416. The molecule has 0 spiro atoms. The zero-order valence-electron chi connectivity index (χ0n) is 6.92. The van der Waals surface area contributed by atoms with Crippen LogP contribution in [0.3, 0.4) is 0 Å². The van der Waals surface area contributed by atoms with Gasteiger partial charge in [-0.15, -0.1) is 0 Å². The Morgan fingerprint density at radius 3 is 2.73 bits per heavy atom. The summed E-state index contributed by atoms with van der Waals surface area (Å²) in [6, 6.07) is 0.416. The van der Waals surface area contributed by atoms with Gasteiger partial charge < -0.3 is 0 Å². The lowest BCUT2D eigenvalue weighted by Gasteiger charge is -2.20. The van der Waals surface area contributed by atoms with Crippen molar-refractivity contribution in [2.24, 2.45) is 4.99 Å². The van der Waals surface area contributed by atoms with Gasteiger partial charge in [0, 0.05) is 6.04 Å². The lowest BCUT2D eigenvalue weighted by Crippen LogP contribution is -2.32. The summed E-state index contributed by atoms with van der Waals surface area (Å²) in [5.74, 6) is 0. The minimum Gasteiger partial charge on any atom is -0.299 e. The molecule has 0 aromatic heterocycles. The van der Waals surface area contributed by atoms with Crippen molar-refractivity contribution >= 4 is 6.08 Å². The zero-order valence-corrected chi connectivity index (χ0v) is 6.92. The molecule has 0 aromatic carbocycles. The summed E-state index contributed by atoms with van der Waals surface area (Å²) in [6.45, 7) is 5.03. The molecule has 1 saturated heterocycles. The second-order valence-electron chi connectivity index (χ2n) is 3.02. The Balaban J connectivity index is 2.27. The number of hydrogen-bond acceptors (Lipinski definition) is 3. The Morgan fingerprint density at radius 2 is 2.18 bits per heavy atom. The van der Waals surface area contributed by atoms with E-state index in [-0.39, 0.29) is 0 Å². The Morgan fingerprint density at radius 1 is 1.55 bits per heavy atom. The first-order valence-electron chi connectivity index (χ1n) is 4.12. The molecule has 1 heterocycles. The highest BCUT2D eigenvalue weighted by atomic mass is 16.1. The molecule has 0 amide bonds. The van der Waals surface area contributed by atoms with Crippen LogP contribution in [0, 0.1) is 0 Å². The quantitative estimate of drug-likeness (QED) is 0.445. The third-order valence-electron chi connectivity index (χ3n) is 2.18. The van der Waals surface area contributed by atoms with Gasteiger partial charge in [-0.2, -0.15) is 0 Å². The van der Waals surface area contributed by atoms with Crippen LogP contribution in [0.1, 0.15) is 19.8 Å². The van der Waals surface area contributed by atoms with Crippen molar-refractivity contribution in [2.75, 3.05) is 19.6 Å². The molecule has 1 aliphatic rings. The van der Waals surface area contributed by atoms with Crippen molar-refractivity contribution in [3.8, 4) is 0 Å². The van der Waals surface area contributed by atoms with Gasteiger partial charge in [-0.1, -0.05) is 0 Å². The van der Waals surface area contributed by atoms with Crippen LogP contribution in [-0.2, 0) is 4.79 Å². The summed E-state index contributed by atoms with van der Waals surface area (Å²) in [5.41, 5.74) is 0. The van der Waals surface area contributed by atoms with E-state index in [1.165, 1.54) is 12.8 Å². The second kappa shape index (κ2) is 4.27. The largest absolute Gasteiger partial charge is 0.299 e. The van der Waals surface area contributed by atoms with E-state index in [4.69, 9.17) is 0 Å². The van der Waals surface area contributed by atoms with Crippen LogP contribution in [0.25, 0.3) is 0 Å². The molecule has 0 N–H and O–H groups in total. The normalized spacial score (nSPS) is 21.2. The van der Waals surface area contributed by atoms with Crippen LogP contribution in [-0.4, -0.2) is 36.7 Å². The molecule has 11 heavy (non-hydrogen) atoms. The molecule has 62 valence electrons. The van der Waals surface area contributed by atoms with Crippen LogP contribution < -0.4 is 0 Å². The van der Waals surface area contributed by atoms with Gasteiger partial charge in [-0.05, 0) is 32.9 Å². The number of likely N-dealkylation sites (tertiary alicyclic amines) is 1. The molecule has 1 aliphatic heterocycles. The van der Waals surface area contributed by atoms with Crippen LogP contribution in [0.5, 0.6) is 0 Å². The molecule has 1 fully saturated rings. The molecule has 0 aliphatic carbocycles. The number of isocyanates is 1. The van der Waals surface area contributed by atoms with Gasteiger partial charge in [0.2, 0.25) is 6.08 Å². The lowest BCUT2D eigenvalue weighted by molar-refractivity contribution is 0.265. The smallest absolute Gasteiger partial charge is 0.234 e. The third-order valence-corrected chi connectivity index (χ3v) is 2.18. The van der Waals surface area contributed by atoms with Crippen LogP contribution in [0.15, 0.2) is 4.99 Å². The first-order valence-corrected chi connectivity index (χ1v) is 4.12. The van der Waals surface area contributed by atoms with E-state index in [2.05, 4.69) is 16.8 Å². The number of carbonyl (C=O) groups excluding carboxylic acids is 1. The minimum absolute atomic E-state index is 0.416. The maximum absolute atomic E-state index is 9.81. The van der Waals surface area contributed by atoms with Crippen molar-refractivity contribution in [1.82, 2.24) is 4.90 Å². The molecule has 1 unspecified atom stereocenters. The number of rotatable bonds is 3. The number of hydrogen-bond donors (Lipinski definition) is 0. The molecule has 3 heteroatoms. The van der Waals surface area contributed by atoms with Gasteiger partial charge in [0.15, 0.2) is 0 Å². The summed E-state index contributed by atoms with van der Waals surface area (Å²) in [7, 11) is 0. The van der Waals surface area contributed by atoms with Gasteiger partial charge in [-0.3, -0.25) is 4.90 Å². The average molecular weight is 154 g/mol. The second-order valence-corrected chi connectivity index (χ2v) is 3.02. The van der Waals surface area contributed by atoms with E-state index in [0.29, 0.717) is 12.6 Å². The maximum atomic E-state index is 9.81. The van der Waals surface area contributed by atoms with Crippen LogP contribution >= 0.6 is 0 Å². The highest BCUT2D eigenvalue weighted by Gasteiger charge is 2.16. The van der Waals surface area contributed by atoms with Crippen molar-refractivity contribution in [3.05, 3.63) is 0 Å². The fraction of sp³-hybridized carbons (Fsp3) is 0.875. The summed E-state index contributed by atoms with van der Waals surface area (Å²) >= 11 is 0. The van der Waals surface area contributed by atoms with Crippen LogP contribution in [0.2, 0.25) is 0 Å². The summed E-state index contributed by atoms with van der Waals surface area (Å²) in [6.07, 6.45) is 4.14. The number of nitrogens with zero attached hydrogens (tertiary/aromatic N) is 2. The highest BCUT2D eigenvalue weighted by Crippen LogP contribution is 2.11. The summed E-state index contributed by atoms with van der Waals surface area (Å²) < 4.78 is 0. The topological polar surface area (TPSA) is 32.7 Å². The Bertz CT molecular complexity index is 157. The van der Waals surface area contributed by atoms with Gasteiger partial charge in [0.25, 0.3) is 0 Å². The molecular formula is C8H14N2O. The fourth-order valence-corrected chi connectivity index (χ4v) is 1.47. The van der Waals surface area contributed by atoms with E-state index in [1.807, 2.05) is 0 Å². The van der Waals surface area contributed by atoms with Gasteiger partial charge in [0.05, 0.1) is 6.54 Å². The molecule has 3 nitrogen and oxygen atoms in total. The lowest BCUT2D eigenvalue weighted by atomic mass is 10.3. The number of aliphatic imine (C=N–C) groups is 1. The van der Waals surface area contributed by atoms with Crippen molar-refractivity contribution in [3.63, 3.8) is 0 Å². The molecule has 1 rings (SSSR count). The predicted octanol–water partition coefficient (Wildman–Crippen LogP) is 0.806. The van der Waals surface area contributed by atoms with Gasteiger partial charge in [0.1, 0.15) is 0 Å². The third kappa shape index (κ3) is 2.45. The monoisotopic (exact) mass is 154 g/mol. The fourth-order valence-electron chi connectivity index (χ4n) is 1.47. The molecule has 1 atom stereocenters. The standard InChI is InChI=1S/C8H14N2O/c1-8(6-9-7-11)10-4-2-3-5-10/h8H,2-6H2,1H3. The molecule has 0 radical (unpaired) electrons. The van der Waals surface area contributed by atoms with E-state index in [1.54, 1.807) is 6.08 Å². The highest BCUT2D eigenvalue weighted by molar-refractivity contribution is 5.32. The molecule has 0 aromatic rings. The predicted molar refractivity (Wildman–Crippen MR) is 43.3 cm³/mol. The van der Waals surface area contributed by atoms with Crippen LogP contribution in [0.4, 0.5) is 0 Å². The van der Waals surface area contributed by atoms with Gasteiger partial charge in [-0.25, -0.2) is 9.79 Å². The first kappa shape index (κ1) is 8.44. The van der Waals surface area contributed by atoms with E-state index in [9.17, 15) is 4.79 Å². The summed E-state index contributed by atoms with van der Waals surface area (Å²) in [4.78, 5) is 15.7.